The second-order valence-corrected chi connectivity index (χ2v) is 4.42. The minimum absolute atomic E-state index is 0.107. The third-order valence-corrected chi connectivity index (χ3v) is 2.93. The van der Waals surface area contributed by atoms with Crippen LogP contribution in [0.5, 0.6) is 11.5 Å². The van der Waals surface area contributed by atoms with Crippen molar-refractivity contribution in [2.45, 2.75) is 6.42 Å². The van der Waals surface area contributed by atoms with E-state index in [9.17, 15) is 15.0 Å². The summed E-state index contributed by atoms with van der Waals surface area (Å²) in [4.78, 5) is 11.9. The number of phenolic OH excluding ortho intramolecular Hbond substituents is 2. The van der Waals surface area contributed by atoms with Crippen LogP contribution in [0.1, 0.15) is 15.9 Å². The van der Waals surface area contributed by atoms with Gasteiger partial charge in [0.05, 0.1) is 0 Å². The fraction of sp³-hybridized carbons (Fsp3) is 0.133. The van der Waals surface area contributed by atoms with Gasteiger partial charge < -0.3 is 21.3 Å². The fourth-order valence-electron chi connectivity index (χ4n) is 1.85. The molecule has 0 spiro atoms. The molecule has 2 aromatic carbocycles. The van der Waals surface area contributed by atoms with Crippen LogP contribution in [0.4, 0.5) is 5.69 Å². The van der Waals surface area contributed by atoms with Gasteiger partial charge in [0.25, 0.3) is 5.91 Å². The van der Waals surface area contributed by atoms with Crippen molar-refractivity contribution in [3.05, 3.63) is 53.6 Å². The van der Waals surface area contributed by atoms with E-state index < -0.39 is 5.91 Å². The first-order valence-corrected chi connectivity index (χ1v) is 6.21. The van der Waals surface area contributed by atoms with Crippen LogP contribution in [0.25, 0.3) is 0 Å². The molecule has 0 heterocycles. The molecule has 0 atom stereocenters. The van der Waals surface area contributed by atoms with Crippen molar-refractivity contribution in [1.82, 2.24) is 5.32 Å². The molecule has 0 aliphatic heterocycles. The van der Waals surface area contributed by atoms with Crippen molar-refractivity contribution >= 4 is 11.6 Å². The molecule has 0 radical (unpaired) electrons. The summed E-state index contributed by atoms with van der Waals surface area (Å²) in [6, 6.07) is 11.6. The molecule has 20 heavy (non-hydrogen) atoms. The summed E-state index contributed by atoms with van der Waals surface area (Å²) in [5.41, 5.74) is 7.22. The first kappa shape index (κ1) is 13.7. The molecule has 5 N–H and O–H groups in total. The highest BCUT2D eigenvalue weighted by atomic mass is 16.3. The van der Waals surface area contributed by atoms with Gasteiger partial charge >= 0.3 is 0 Å². The maximum atomic E-state index is 11.9. The quantitative estimate of drug-likeness (QED) is 0.636. The van der Waals surface area contributed by atoms with Gasteiger partial charge in [-0.05, 0) is 36.2 Å². The van der Waals surface area contributed by atoms with Gasteiger partial charge in [0.2, 0.25) is 0 Å². The SMILES string of the molecule is Nc1ccc(CCNC(=O)c2c(O)cccc2O)cc1. The highest BCUT2D eigenvalue weighted by Crippen LogP contribution is 2.25. The molecule has 0 fully saturated rings. The first-order valence-electron chi connectivity index (χ1n) is 6.21. The number of carbonyl (C=O) groups excluding carboxylic acids is 1. The summed E-state index contributed by atoms with van der Waals surface area (Å²) < 4.78 is 0. The van der Waals surface area contributed by atoms with Crippen LogP contribution in [-0.4, -0.2) is 22.7 Å². The summed E-state index contributed by atoms with van der Waals surface area (Å²) in [5, 5.41) is 21.8. The largest absolute Gasteiger partial charge is 0.507 e. The Bertz CT molecular complexity index is 589. The van der Waals surface area contributed by atoms with E-state index >= 15 is 0 Å². The zero-order valence-corrected chi connectivity index (χ0v) is 10.8. The normalized spacial score (nSPS) is 10.2. The highest BCUT2D eigenvalue weighted by molar-refractivity contribution is 5.99. The van der Waals surface area contributed by atoms with E-state index in [1.807, 2.05) is 12.1 Å². The summed E-state index contributed by atoms with van der Waals surface area (Å²) in [6.45, 7) is 0.399. The maximum Gasteiger partial charge on any atom is 0.258 e. The maximum absolute atomic E-state index is 11.9. The molecule has 0 bridgehead atoms. The molecule has 1 amide bonds. The predicted molar refractivity (Wildman–Crippen MR) is 76.7 cm³/mol. The molecule has 0 aromatic heterocycles. The molecular formula is C15H16N2O3. The Morgan fingerprint density at radius 1 is 1.05 bits per heavy atom. The van der Waals surface area contributed by atoms with Gasteiger partial charge in [-0.25, -0.2) is 0 Å². The molecule has 2 rings (SSSR count). The van der Waals surface area contributed by atoms with Crippen LogP contribution in [0.15, 0.2) is 42.5 Å². The molecule has 5 nitrogen and oxygen atoms in total. The van der Waals surface area contributed by atoms with Crippen LogP contribution >= 0.6 is 0 Å². The lowest BCUT2D eigenvalue weighted by Gasteiger charge is -2.08. The Morgan fingerprint density at radius 3 is 2.25 bits per heavy atom. The average Bonchev–Trinajstić information content (AvgIpc) is 2.41. The van der Waals surface area contributed by atoms with Gasteiger partial charge in [-0.15, -0.1) is 0 Å². The molecule has 0 aliphatic carbocycles. The van der Waals surface area contributed by atoms with Crippen molar-refractivity contribution in [3.8, 4) is 11.5 Å². The lowest BCUT2D eigenvalue weighted by Crippen LogP contribution is -2.25. The Morgan fingerprint density at radius 2 is 1.65 bits per heavy atom. The van der Waals surface area contributed by atoms with Crippen molar-refractivity contribution in [1.29, 1.82) is 0 Å². The van der Waals surface area contributed by atoms with Crippen molar-refractivity contribution < 1.29 is 15.0 Å². The van der Waals surface area contributed by atoms with Gasteiger partial charge in [0.1, 0.15) is 17.1 Å². The number of hydrogen-bond donors (Lipinski definition) is 4. The van der Waals surface area contributed by atoms with Crippen LogP contribution in [0.3, 0.4) is 0 Å². The number of aromatic hydroxyl groups is 2. The standard InChI is InChI=1S/C15H16N2O3/c16-11-6-4-10(5-7-11)8-9-17-15(20)14-12(18)2-1-3-13(14)19/h1-7,18-19H,8-9,16H2,(H,17,20). The number of nitrogens with two attached hydrogens (primary N) is 1. The number of rotatable bonds is 4. The number of phenols is 2. The molecule has 104 valence electrons. The summed E-state index contributed by atoms with van der Waals surface area (Å²) in [6.07, 6.45) is 0.639. The minimum Gasteiger partial charge on any atom is -0.507 e. The van der Waals surface area contributed by atoms with E-state index in [-0.39, 0.29) is 17.1 Å². The lowest BCUT2D eigenvalue weighted by atomic mass is 10.1. The third kappa shape index (κ3) is 3.20. The van der Waals surface area contributed by atoms with E-state index in [2.05, 4.69) is 5.32 Å². The van der Waals surface area contributed by atoms with Crippen LogP contribution in [0.2, 0.25) is 0 Å². The minimum atomic E-state index is -0.504. The molecular weight excluding hydrogens is 256 g/mol. The summed E-state index contributed by atoms with van der Waals surface area (Å²) in [7, 11) is 0. The number of hydrogen-bond acceptors (Lipinski definition) is 4. The van der Waals surface area contributed by atoms with E-state index in [0.29, 0.717) is 18.7 Å². The average molecular weight is 272 g/mol. The van der Waals surface area contributed by atoms with E-state index in [1.54, 1.807) is 12.1 Å². The van der Waals surface area contributed by atoms with E-state index in [4.69, 9.17) is 5.73 Å². The Hall–Kier alpha value is -2.69. The topological polar surface area (TPSA) is 95.6 Å². The van der Waals surface area contributed by atoms with E-state index in [1.165, 1.54) is 18.2 Å². The van der Waals surface area contributed by atoms with Gasteiger partial charge in [-0.2, -0.15) is 0 Å². The number of carbonyl (C=O) groups is 1. The van der Waals surface area contributed by atoms with Gasteiger partial charge in [0.15, 0.2) is 0 Å². The predicted octanol–water partition coefficient (Wildman–Crippen LogP) is 1.65. The highest BCUT2D eigenvalue weighted by Gasteiger charge is 2.15. The lowest BCUT2D eigenvalue weighted by molar-refractivity contribution is 0.0948. The first-order chi connectivity index (χ1) is 9.58. The number of amides is 1. The second-order valence-electron chi connectivity index (χ2n) is 4.42. The number of anilines is 1. The molecule has 0 saturated carbocycles. The number of nitrogens with one attached hydrogen (secondary N) is 1. The number of benzene rings is 2. The van der Waals surface area contributed by atoms with Crippen molar-refractivity contribution in [3.63, 3.8) is 0 Å². The monoisotopic (exact) mass is 272 g/mol. The molecule has 5 heteroatoms. The van der Waals surface area contributed by atoms with E-state index in [0.717, 1.165) is 5.56 Å². The fourth-order valence-corrected chi connectivity index (χ4v) is 1.85. The Labute approximate surface area is 116 Å². The van der Waals surface area contributed by atoms with Gasteiger partial charge in [0, 0.05) is 12.2 Å². The van der Waals surface area contributed by atoms with Gasteiger partial charge in [-0.3, -0.25) is 4.79 Å². The van der Waals surface area contributed by atoms with Gasteiger partial charge in [-0.1, -0.05) is 18.2 Å². The smallest absolute Gasteiger partial charge is 0.258 e. The molecule has 0 saturated heterocycles. The Balaban J connectivity index is 1.94. The molecule has 0 aliphatic rings. The van der Waals surface area contributed by atoms with Crippen molar-refractivity contribution in [2.75, 3.05) is 12.3 Å². The zero-order chi connectivity index (χ0) is 14.5. The summed E-state index contributed by atoms with van der Waals surface area (Å²) in [5.74, 6) is -0.985. The third-order valence-electron chi connectivity index (χ3n) is 2.93. The number of nitrogen functional groups attached to an aromatic ring is 1. The van der Waals surface area contributed by atoms with Crippen LogP contribution in [0, 0.1) is 0 Å². The molecule has 0 unspecified atom stereocenters. The molecule has 2 aromatic rings. The Kier molecular flexibility index (Phi) is 4.10. The second kappa shape index (κ2) is 5.97. The summed E-state index contributed by atoms with van der Waals surface area (Å²) >= 11 is 0. The van der Waals surface area contributed by atoms with Crippen LogP contribution in [-0.2, 0) is 6.42 Å². The van der Waals surface area contributed by atoms with Crippen LogP contribution < -0.4 is 11.1 Å². The van der Waals surface area contributed by atoms with Crippen molar-refractivity contribution in [2.24, 2.45) is 0 Å². The zero-order valence-electron chi connectivity index (χ0n) is 10.8.